The summed E-state index contributed by atoms with van der Waals surface area (Å²) < 4.78 is 12.0. The first-order chi connectivity index (χ1) is 19.8. The summed E-state index contributed by atoms with van der Waals surface area (Å²) in [6, 6.07) is 27.6. The Kier molecular flexibility index (Phi) is 7.92. The molecule has 206 valence electrons. The van der Waals surface area contributed by atoms with Gasteiger partial charge in [0.2, 0.25) is 0 Å². The molecule has 1 N–H and O–H groups in total. The molecule has 4 aromatic carbocycles. The van der Waals surface area contributed by atoms with Gasteiger partial charge in [0.25, 0.3) is 5.69 Å². The Morgan fingerprint density at radius 2 is 1.61 bits per heavy atom. The fourth-order valence-electron chi connectivity index (χ4n) is 4.59. The number of nitro benzene ring substituents is 1. The number of nitrogens with one attached hydrogen (secondary N) is 1. The molecule has 0 saturated heterocycles. The summed E-state index contributed by atoms with van der Waals surface area (Å²) in [5.74, 6) is 0.575. The lowest BCUT2D eigenvalue weighted by Gasteiger charge is -2.15. The van der Waals surface area contributed by atoms with E-state index < -0.39 is 4.92 Å². The van der Waals surface area contributed by atoms with Gasteiger partial charge in [-0.25, -0.2) is 4.79 Å². The van der Waals surface area contributed by atoms with Gasteiger partial charge in [-0.05, 0) is 56.2 Å². The molecule has 0 amide bonds. The Morgan fingerprint density at radius 3 is 2.29 bits per heavy atom. The zero-order chi connectivity index (χ0) is 28.9. The van der Waals surface area contributed by atoms with Gasteiger partial charge in [0, 0.05) is 40.6 Å². The molecule has 0 fully saturated rings. The van der Waals surface area contributed by atoms with Crippen LogP contribution in [0.2, 0.25) is 0 Å². The SMILES string of the molecule is Cc1ccc(C(COc2ccc3c(C)c(Cc4ccccc4)c(=O)oc3c2C)=NNc2ccc([N+](=O)[O-])cc2)cc1. The number of anilines is 1. The summed E-state index contributed by atoms with van der Waals surface area (Å²) in [5.41, 5.74) is 9.62. The second-order valence-corrected chi connectivity index (χ2v) is 9.85. The number of hydrazone groups is 1. The van der Waals surface area contributed by atoms with E-state index in [1.165, 1.54) is 12.1 Å². The topological polar surface area (TPSA) is 107 Å². The van der Waals surface area contributed by atoms with Crippen LogP contribution in [0.5, 0.6) is 5.75 Å². The van der Waals surface area contributed by atoms with Gasteiger partial charge < -0.3 is 9.15 Å². The summed E-state index contributed by atoms with van der Waals surface area (Å²) >= 11 is 0. The number of aryl methyl sites for hydroxylation is 3. The van der Waals surface area contributed by atoms with Crippen molar-refractivity contribution >= 4 is 28.1 Å². The van der Waals surface area contributed by atoms with E-state index in [2.05, 4.69) is 10.5 Å². The molecule has 0 saturated carbocycles. The lowest BCUT2D eigenvalue weighted by molar-refractivity contribution is -0.384. The van der Waals surface area contributed by atoms with E-state index in [1.807, 2.05) is 87.5 Å². The van der Waals surface area contributed by atoms with Crippen molar-refractivity contribution in [1.29, 1.82) is 0 Å². The van der Waals surface area contributed by atoms with Gasteiger partial charge in [-0.15, -0.1) is 0 Å². The molecule has 5 rings (SSSR count). The van der Waals surface area contributed by atoms with E-state index in [1.54, 1.807) is 12.1 Å². The summed E-state index contributed by atoms with van der Waals surface area (Å²) in [6.45, 7) is 5.95. The second kappa shape index (κ2) is 11.9. The molecule has 8 heteroatoms. The number of benzene rings is 4. The first-order valence-electron chi connectivity index (χ1n) is 13.2. The maximum atomic E-state index is 13.0. The third-order valence-electron chi connectivity index (χ3n) is 7.03. The molecule has 0 aliphatic rings. The average molecular weight is 548 g/mol. The predicted octanol–water partition coefficient (Wildman–Crippen LogP) is 7.11. The largest absolute Gasteiger partial charge is 0.487 e. The van der Waals surface area contributed by atoms with Crippen molar-refractivity contribution in [2.24, 2.45) is 5.10 Å². The van der Waals surface area contributed by atoms with Crippen LogP contribution in [-0.2, 0) is 6.42 Å². The molecule has 0 atom stereocenters. The summed E-state index contributed by atoms with van der Waals surface area (Å²) in [6.07, 6.45) is 0.500. The van der Waals surface area contributed by atoms with Gasteiger partial charge in [-0.3, -0.25) is 15.5 Å². The van der Waals surface area contributed by atoms with Gasteiger partial charge in [-0.1, -0.05) is 60.2 Å². The van der Waals surface area contributed by atoms with E-state index in [0.717, 1.165) is 33.2 Å². The quantitative estimate of drug-likeness (QED) is 0.0912. The fraction of sp³-hybridized carbons (Fsp3) is 0.152. The Labute approximate surface area is 237 Å². The Morgan fingerprint density at radius 1 is 0.902 bits per heavy atom. The highest BCUT2D eigenvalue weighted by atomic mass is 16.6. The van der Waals surface area contributed by atoms with Crippen LogP contribution in [0.25, 0.3) is 11.0 Å². The first kappa shape index (κ1) is 27.3. The standard InChI is InChI=1S/C33H29N3O5/c1-21-9-11-25(12-10-21)30(35-34-26-13-15-27(16-14-26)36(38)39)20-40-31-18-17-28-22(2)29(19-24-7-5-4-6-8-24)33(37)41-32(28)23(31)3/h4-18,34H,19-20H2,1-3H3. The lowest BCUT2D eigenvalue weighted by atomic mass is 9.98. The van der Waals surface area contributed by atoms with Crippen molar-refractivity contribution in [2.45, 2.75) is 27.2 Å². The highest BCUT2D eigenvalue weighted by molar-refractivity contribution is 6.02. The van der Waals surface area contributed by atoms with E-state index in [4.69, 9.17) is 9.15 Å². The minimum Gasteiger partial charge on any atom is -0.487 e. The Balaban J connectivity index is 1.42. The van der Waals surface area contributed by atoms with Crippen molar-refractivity contribution < 1.29 is 14.1 Å². The van der Waals surface area contributed by atoms with Crippen molar-refractivity contribution in [3.8, 4) is 5.75 Å². The highest BCUT2D eigenvalue weighted by Crippen LogP contribution is 2.30. The van der Waals surface area contributed by atoms with E-state index in [-0.39, 0.29) is 17.9 Å². The third kappa shape index (κ3) is 6.17. The second-order valence-electron chi connectivity index (χ2n) is 9.85. The smallest absolute Gasteiger partial charge is 0.340 e. The van der Waals surface area contributed by atoms with Crippen LogP contribution in [0, 0.1) is 30.9 Å². The van der Waals surface area contributed by atoms with Crippen LogP contribution in [0.1, 0.15) is 33.4 Å². The van der Waals surface area contributed by atoms with Crippen molar-refractivity contribution in [3.05, 3.63) is 145 Å². The van der Waals surface area contributed by atoms with Crippen LogP contribution in [0.15, 0.2) is 105 Å². The third-order valence-corrected chi connectivity index (χ3v) is 7.03. The monoisotopic (exact) mass is 547 g/mol. The van der Waals surface area contributed by atoms with Gasteiger partial charge in [0.15, 0.2) is 0 Å². The lowest BCUT2D eigenvalue weighted by Crippen LogP contribution is -2.16. The fourth-order valence-corrected chi connectivity index (χ4v) is 4.59. The van der Waals surface area contributed by atoms with E-state index in [0.29, 0.717) is 34.7 Å². The molecule has 5 aromatic rings. The molecular weight excluding hydrogens is 518 g/mol. The molecule has 0 bridgehead atoms. The number of nitro groups is 1. The minimum atomic E-state index is -0.446. The molecular formula is C33H29N3O5. The number of non-ortho nitro benzene ring substituents is 1. The number of nitrogens with zero attached hydrogens (tertiary/aromatic N) is 2. The molecule has 1 heterocycles. The van der Waals surface area contributed by atoms with Crippen LogP contribution in [0.4, 0.5) is 11.4 Å². The van der Waals surface area contributed by atoms with Gasteiger partial charge in [0.05, 0.1) is 10.6 Å². The van der Waals surface area contributed by atoms with Crippen LogP contribution in [-0.4, -0.2) is 17.2 Å². The number of fused-ring (bicyclic) bond motifs is 1. The van der Waals surface area contributed by atoms with Gasteiger partial charge in [-0.2, -0.15) is 5.10 Å². The molecule has 8 nitrogen and oxygen atoms in total. The first-order valence-corrected chi connectivity index (χ1v) is 13.2. The molecule has 0 unspecified atom stereocenters. The summed E-state index contributed by atoms with van der Waals surface area (Å²) in [7, 11) is 0. The predicted molar refractivity (Wildman–Crippen MR) is 161 cm³/mol. The molecule has 0 aliphatic carbocycles. The maximum Gasteiger partial charge on any atom is 0.340 e. The number of ether oxygens (including phenoxy) is 1. The van der Waals surface area contributed by atoms with Crippen LogP contribution >= 0.6 is 0 Å². The maximum absolute atomic E-state index is 13.0. The highest BCUT2D eigenvalue weighted by Gasteiger charge is 2.16. The molecule has 0 aliphatic heterocycles. The van der Waals surface area contributed by atoms with E-state index >= 15 is 0 Å². The zero-order valence-electron chi connectivity index (χ0n) is 23.0. The summed E-state index contributed by atoms with van der Waals surface area (Å²) in [4.78, 5) is 23.5. The molecule has 41 heavy (non-hydrogen) atoms. The van der Waals surface area contributed by atoms with Gasteiger partial charge >= 0.3 is 5.63 Å². The van der Waals surface area contributed by atoms with Crippen LogP contribution < -0.4 is 15.8 Å². The molecule has 0 radical (unpaired) electrons. The van der Waals surface area contributed by atoms with E-state index in [9.17, 15) is 14.9 Å². The Hall–Kier alpha value is -5.24. The van der Waals surface area contributed by atoms with Crippen molar-refractivity contribution in [2.75, 3.05) is 12.0 Å². The normalized spacial score (nSPS) is 11.4. The Bertz CT molecular complexity index is 1790. The van der Waals surface area contributed by atoms with Crippen LogP contribution in [0.3, 0.4) is 0 Å². The number of hydrogen-bond donors (Lipinski definition) is 1. The summed E-state index contributed by atoms with van der Waals surface area (Å²) in [5, 5.41) is 16.4. The zero-order valence-corrected chi connectivity index (χ0v) is 23.0. The van der Waals surface area contributed by atoms with Gasteiger partial charge in [0.1, 0.15) is 23.7 Å². The van der Waals surface area contributed by atoms with Crippen molar-refractivity contribution in [1.82, 2.24) is 0 Å². The minimum absolute atomic E-state index is 0.00229. The average Bonchev–Trinajstić information content (AvgIpc) is 2.98. The molecule has 1 aromatic heterocycles. The number of rotatable bonds is 9. The molecule has 0 spiro atoms. The van der Waals surface area contributed by atoms with Crippen molar-refractivity contribution in [3.63, 3.8) is 0 Å². The number of hydrogen-bond acceptors (Lipinski definition) is 7.